The first kappa shape index (κ1) is 15.9. The van der Waals surface area contributed by atoms with Gasteiger partial charge in [0, 0.05) is 13.2 Å². The van der Waals surface area contributed by atoms with Crippen molar-refractivity contribution in [1.82, 2.24) is 0 Å². The van der Waals surface area contributed by atoms with Gasteiger partial charge in [-0.05, 0) is 49.7 Å². The van der Waals surface area contributed by atoms with Crippen molar-refractivity contribution in [2.24, 2.45) is 0 Å². The quantitative estimate of drug-likeness (QED) is 0.801. The van der Waals surface area contributed by atoms with Gasteiger partial charge in [-0.1, -0.05) is 24.3 Å². The molecule has 2 fully saturated rings. The summed E-state index contributed by atoms with van der Waals surface area (Å²) >= 11 is 0. The van der Waals surface area contributed by atoms with Gasteiger partial charge in [-0.3, -0.25) is 0 Å². The molecule has 2 aliphatic rings. The molecule has 0 radical (unpaired) electrons. The SMILES string of the molecule is c1cc(COC2CCCCO2)ccc1COC1CCCCO1. The van der Waals surface area contributed by atoms with E-state index in [-0.39, 0.29) is 12.6 Å². The molecule has 2 aliphatic heterocycles. The summed E-state index contributed by atoms with van der Waals surface area (Å²) < 4.78 is 22.7. The molecule has 1 aromatic carbocycles. The first-order valence-electron chi connectivity index (χ1n) is 8.44. The summed E-state index contributed by atoms with van der Waals surface area (Å²) in [5.41, 5.74) is 2.35. The third kappa shape index (κ3) is 5.06. The number of benzene rings is 1. The molecule has 0 N–H and O–H groups in total. The minimum Gasteiger partial charge on any atom is -0.353 e. The maximum absolute atomic E-state index is 5.79. The standard InChI is InChI=1S/C18H26O4/c1-3-11-19-17(5-1)21-13-15-7-9-16(10-8-15)14-22-18-6-2-4-12-20-18/h7-10,17-18H,1-6,11-14H2. The van der Waals surface area contributed by atoms with Crippen LogP contribution in [0.1, 0.15) is 49.7 Å². The lowest BCUT2D eigenvalue weighted by Crippen LogP contribution is -2.22. The van der Waals surface area contributed by atoms with Crippen LogP contribution in [-0.2, 0) is 32.2 Å². The molecule has 4 heteroatoms. The van der Waals surface area contributed by atoms with E-state index in [9.17, 15) is 0 Å². The molecule has 0 aromatic heterocycles. The molecule has 2 heterocycles. The van der Waals surface area contributed by atoms with E-state index in [1.54, 1.807) is 0 Å². The van der Waals surface area contributed by atoms with Crippen LogP contribution >= 0.6 is 0 Å². The van der Waals surface area contributed by atoms with E-state index in [1.807, 2.05) is 0 Å². The topological polar surface area (TPSA) is 36.9 Å². The van der Waals surface area contributed by atoms with Crippen LogP contribution in [0, 0.1) is 0 Å². The Morgan fingerprint density at radius 2 is 1.18 bits per heavy atom. The second kappa shape index (κ2) is 8.63. The Labute approximate surface area is 132 Å². The van der Waals surface area contributed by atoms with Gasteiger partial charge in [-0.15, -0.1) is 0 Å². The molecule has 1 aromatic rings. The minimum atomic E-state index is -0.0276. The van der Waals surface area contributed by atoms with Crippen molar-refractivity contribution in [1.29, 1.82) is 0 Å². The molecule has 0 aliphatic carbocycles. The molecule has 0 spiro atoms. The first-order chi connectivity index (χ1) is 10.9. The van der Waals surface area contributed by atoms with E-state index in [0.717, 1.165) is 38.9 Å². The third-order valence-corrected chi connectivity index (χ3v) is 4.17. The summed E-state index contributed by atoms with van der Waals surface area (Å²) in [7, 11) is 0. The van der Waals surface area contributed by atoms with Gasteiger partial charge in [0.2, 0.25) is 0 Å². The summed E-state index contributed by atoms with van der Waals surface area (Å²) in [5.74, 6) is 0. The molecular formula is C18H26O4. The molecule has 2 atom stereocenters. The average Bonchev–Trinajstić information content (AvgIpc) is 2.61. The lowest BCUT2D eigenvalue weighted by Gasteiger charge is -2.23. The van der Waals surface area contributed by atoms with Gasteiger partial charge in [0.25, 0.3) is 0 Å². The summed E-state index contributed by atoms with van der Waals surface area (Å²) in [6.07, 6.45) is 6.66. The van der Waals surface area contributed by atoms with Gasteiger partial charge in [0.05, 0.1) is 13.2 Å². The highest BCUT2D eigenvalue weighted by molar-refractivity contribution is 5.21. The molecule has 3 rings (SSSR count). The molecule has 2 unspecified atom stereocenters. The Kier molecular flexibility index (Phi) is 6.25. The molecule has 0 bridgehead atoms. The maximum atomic E-state index is 5.79. The molecule has 122 valence electrons. The Morgan fingerprint density at radius 1 is 0.727 bits per heavy atom. The van der Waals surface area contributed by atoms with Gasteiger partial charge in [-0.2, -0.15) is 0 Å². The normalized spacial score (nSPS) is 26.0. The average molecular weight is 306 g/mol. The zero-order valence-corrected chi connectivity index (χ0v) is 13.2. The fourth-order valence-electron chi connectivity index (χ4n) is 2.80. The number of hydrogen-bond donors (Lipinski definition) is 0. The second-order valence-corrected chi connectivity index (χ2v) is 6.03. The predicted molar refractivity (Wildman–Crippen MR) is 83.2 cm³/mol. The van der Waals surface area contributed by atoms with Gasteiger partial charge < -0.3 is 18.9 Å². The van der Waals surface area contributed by atoms with Crippen LogP contribution in [0.25, 0.3) is 0 Å². The van der Waals surface area contributed by atoms with Crippen LogP contribution < -0.4 is 0 Å². The van der Waals surface area contributed by atoms with E-state index in [1.165, 1.54) is 24.0 Å². The Balaban J connectivity index is 1.39. The van der Waals surface area contributed by atoms with Crippen molar-refractivity contribution in [2.75, 3.05) is 13.2 Å². The summed E-state index contributed by atoms with van der Waals surface area (Å²) in [5, 5.41) is 0. The van der Waals surface area contributed by atoms with Gasteiger partial charge in [0.1, 0.15) is 0 Å². The minimum absolute atomic E-state index is 0.0276. The Morgan fingerprint density at radius 3 is 1.55 bits per heavy atom. The maximum Gasteiger partial charge on any atom is 0.158 e. The van der Waals surface area contributed by atoms with E-state index < -0.39 is 0 Å². The molecule has 2 saturated heterocycles. The second-order valence-electron chi connectivity index (χ2n) is 6.03. The molecule has 4 nitrogen and oxygen atoms in total. The first-order valence-corrected chi connectivity index (χ1v) is 8.44. The van der Waals surface area contributed by atoms with E-state index in [2.05, 4.69) is 24.3 Å². The van der Waals surface area contributed by atoms with E-state index in [4.69, 9.17) is 18.9 Å². The highest BCUT2D eigenvalue weighted by Gasteiger charge is 2.15. The smallest absolute Gasteiger partial charge is 0.158 e. The van der Waals surface area contributed by atoms with E-state index >= 15 is 0 Å². The van der Waals surface area contributed by atoms with Crippen LogP contribution in [0.4, 0.5) is 0 Å². The van der Waals surface area contributed by atoms with Crippen molar-refractivity contribution >= 4 is 0 Å². The van der Waals surface area contributed by atoms with Crippen LogP contribution in [0.5, 0.6) is 0 Å². The number of ether oxygens (including phenoxy) is 4. The fraction of sp³-hybridized carbons (Fsp3) is 0.667. The van der Waals surface area contributed by atoms with Gasteiger partial charge >= 0.3 is 0 Å². The zero-order chi connectivity index (χ0) is 15.0. The molecule has 0 amide bonds. The summed E-state index contributed by atoms with van der Waals surface area (Å²) in [6.45, 7) is 2.86. The fourth-order valence-corrected chi connectivity index (χ4v) is 2.80. The van der Waals surface area contributed by atoms with Crippen molar-refractivity contribution in [3.8, 4) is 0 Å². The van der Waals surface area contributed by atoms with Crippen molar-refractivity contribution in [2.45, 2.75) is 64.3 Å². The number of rotatable bonds is 6. The van der Waals surface area contributed by atoms with Crippen LogP contribution in [-0.4, -0.2) is 25.8 Å². The van der Waals surface area contributed by atoms with Crippen molar-refractivity contribution in [3.05, 3.63) is 35.4 Å². The monoisotopic (exact) mass is 306 g/mol. The Hall–Kier alpha value is -0.940. The van der Waals surface area contributed by atoms with Crippen LogP contribution in [0.3, 0.4) is 0 Å². The Bertz CT molecular complexity index is 378. The predicted octanol–water partition coefficient (Wildman–Crippen LogP) is 3.77. The van der Waals surface area contributed by atoms with Crippen LogP contribution in [0.15, 0.2) is 24.3 Å². The van der Waals surface area contributed by atoms with Crippen molar-refractivity contribution < 1.29 is 18.9 Å². The van der Waals surface area contributed by atoms with Gasteiger partial charge in [-0.25, -0.2) is 0 Å². The number of hydrogen-bond acceptors (Lipinski definition) is 4. The summed E-state index contributed by atoms with van der Waals surface area (Å²) in [6, 6.07) is 8.40. The highest BCUT2D eigenvalue weighted by atomic mass is 16.7. The summed E-state index contributed by atoms with van der Waals surface area (Å²) in [4.78, 5) is 0. The lowest BCUT2D eigenvalue weighted by molar-refractivity contribution is -0.169. The van der Waals surface area contributed by atoms with Crippen LogP contribution in [0.2, 0.25) is 0 Å². The van der Waals surface area contributed by atoms with Gasteiger partial charge in [0.15, 0.2) is 12.6 Å². The molecule has 22 heavy (non-hydrogen) atoms. The molecular weight excluding hydrogens is 280 g/mol. The highest BCUT2D eigenvalue weighted by Crippen LogP contribution is 2.17. The zero-order valence-electron chi connectivity index (χ0n) is 13.2. The lowest BCUT2D eigenvalue weighted by atomic mass is 10.1. The third-order valence-electron chi connectivity index (χ3n) is 4.17. The molecule has 0 saturated carbocycles. The van der Waals surface area contributed by atoms with Crippen molar-refractivity contribution in [3.63, 3.8) is 0 Å². The largest absolute Gasteiger partial charge is 0.353 e. The van der Waals surface area contributed by atoms with E-state index in [0.29, 0.717) is 13.2 Å².